The molecule has 0 unspecified atom stereocenters. The fraction of sp³-hybridized carbons (Fsp3) is 1.00. The van der Waals surface area contributed by atoms with Crippen LogP contribution in [0.15, 0.2) is 0 Å². The molecule has 0 aromatic heterocycles. The summed E-state index contributed by atoms with van der Waals surface area (Å²) in [5, 5.41) is 0. The normalized spacial score (nSPS) is 28.5. The van der Waals surface area contributed by atoms with E-state index in [0.717, 1.165) is 0 Å². The van der Waals surface area contributed by atoms with Crippen LogP contribution in [-0.4, -0.2) is 67.9 Å². The first-order valence-corrected chi connectivity index (χ1v) is 43.1. The van der Waals surface area contributed by atoms with E-state index in [0.29, 0.717) is 31.7 Å². The summed E-state index contributed by atoms with van der Waals surface area (Å²) >= 11 is 0. The van der Waals surface area contributed by atoms with Gasteiger partial charge in [-0.1, -0.05) is 263 Å². The van der Waals surface area contributed by atoms with Gasteiger partial charge in [0.25, 0.3) is 0 Å². The van der Waals surface area contributed by atoms with E-state index in [-0.39, 0.29) is 20.4 Å². The van der Waals surface area contributed by atoms with Crippen LogP contribution in [0.5, 0.6) is 0 Å². The minimum Gasteiger partial charge on any atom is -0.0971 e. The summed E-state index contributed by atoms with van der Waals surface area (Å²) in [6.07, 6.45) is 94.5. The molecular formula is C72H132P4Pd. The van der Waals surface area contributed by atoms with Crippen LogP contribution < -0.4 is 0 Å². The van der Waals surface area contributed by atoms with Crippen molar-refractivity contribution in [1.82, 2.24) is 0 Å². The maximum atomic E-state index is 1.61. The predicted octanol–water partition coefficient (Wildman–Crippen LogP) is 25.9. The molecule has 0 aromatic rings. The van der Waals surface area contributed by atoms with Crippen molar-refractivity contribution in [3.8, 4) is 0 Å². The quantitative estimate of drug-likeness (QED) is 0.135. The number of rotatable bonds is 12. The summed E-state index contributed by atoms with van der Waals surface area (Å²) in [7, 11) is 1.54. The first-order valence-electron chi connectivity index (χ1n) is 36.9. The molecule has 5 heteroatoms. The Balaban J connectivity index is 0.000000135. The van der Waals surface area contributed by atoms with Crippen molar-refractivity contribution in [3.05, 3.63) is 0 Å². The molecule has 0 atom stereocenters. The van der Waals surface area contributed by atoms with Crippen LogP contribution in [0.4, 0.5) is 0 Å². The van der Waals surface area contributed by atoms with Crippen LogP contribution >= 0.6 is 31.7 Å². The zero-order valence-corrected chi connectivity index (χ0v) is 56.6. The third-order valence-electron chi connectivity index (χ3n) is 24.0. The van der Waals surface area contributed by atoms with E-state index < -0.39 is 0 Å². The van der Waals surface area contributed by atoms with E-state index in [1.165, 1.54) is 145 Å². The molecule has 450 valence electrons. The van der Waals surface area contributed by atoms with Crippen molar-refractivity contribution in [2.75, 3.05) is 0 Å². The smallest absolute Gasteiger partial charge is 0 e. The van der Waals surface area contributed by atoms with Gasteiger partial charge in [0.15, 0.2) is 0 Å². The molecule has 77 heavy (non-hydrogen) atoms. The molecule has 0 amide bonds. The van der Waals surface area contributed by atoms with Crippen LogP contribution in [0.1, 0.15) is 385 Å². The Morgan fingerprint density at radius 1 is 0.104 bits per heavy atom. The molecule has 0 aromatic carbocycles. The molecule has 12 saturated carbocycles. The molecule has 0 bridgehead atoms. The van der Waals surface area contributed by atoms with Gasteiger partial charge in [0, 0.05) is 20.4 Å². The van der Waals surface area contributed by atoms with Gasteiger partial charge in [0.1, 0.15) is 0 Å². The summed E-state index contributed by atoms with van der Waals surface area (Å²) in [5.74, 6) is 0. The Labute approximate surface area is 501 Å². The maximum Gasteiger partial charge on any atom is 0 e. The Morgan fingerprint density at radius 3 is 0.234 bits per heavy atom. The third-order valence-corrected chi connectivity index (χ3v) is 40.3. The molecule has 0 radical (unpaired) electrons. The van der Waals surface area contributed by atoms with Crippen LogP contribution in [0, 0.1) is 0 Å². The monoisotopic (exact) mass is 1230 g/mol. The second kappa shape index (κ2) is 38.5. The summed E-state index contributed by atoms with van der Waals surface area (Å²) in [5.41, 5.74) is 14.3. The Morgan fingerprint density at radius 2 is 0.169 bits per heavy atom. The van der Waals surface area contributed by atoms with E-state index in [9.17, 15) is 0 Å². The molecule has 0 heterocycles. The first-order chi connectivity index (χ1) is 37.8. The van der Waals surface area contributed by atoms with E-state index >= 15 is 0 Å². The van der Waals surface area contributed by atoms with Gasteiger partial charge in [0.2, 0.25) is 0 Å². The van der Waals surface area contributed by atoms with E-state index in [1.807, 2.05) is 0 Å². The van der Waals surface area contributed by atoms with Crippen molar-refractivity contribution in [1.29, 1.82) is 0 Å². The molecule has 12 rings (SSSR count). The molecular weight excluding hydrogens is 1100 g/mol. The molecule has 0 nitrogen and oxygen atoms in total. The Bertz CT molecular complexity index is 1030. The molecule has 0 spiro atoms. The molecule has 0 N–H and O–H groups in total. The van der Waals surface area contributed by atoms with Crippen molar-refractivity contribution in [3.63, 3.8) is 0 Å². The van der Waals surface area contributed by atoms with Crippen molar-refractivity contribution in [2.45, 2.75) is 453 Å². The zero-order chi connectivity index (χ0) is 51.7. The molecule has 12 aliphatic rings. The largest absolute Gasteiger partial charge is 0.0971 e. The van der Waals surface area contributed by atoms with Gasteiger partial charge in [0.05, 0.1) is 0 Å². The minimum absolute atomic E-state index is 0. The summed E-state index contributed by atoms with van der Waals surface area (Å²) < 4.78 is 0. The van der Waals surface area contributed by atoms with Crippen LogP contribution in [-0.2, 0) is 20.4 Å². The van der Waals surface area contributed by atoms with E-state index in [4.69, 9.17) is 0 Å². The molecule has 0 aliphatic heterocycles. The van der Waals surface area contributed by atoms with Crippen molar-refractivity contribution < 1.29 is 20.4 Å². The topological polar surface area (TPSA) is 0 Å². The van der Waals surface area contributed by atoms with E-state index in [1.54, 1.807) is 308 Å². The van der Waals surface area contributed by atoms with Gasteiger partial charge in [-0.2, -0.15) is 0 Å². The standard InChI is InChI=1S/4C18H33P.Pd/c4*1-4-10-16(11-5-1)19(17-12-6-2-7-13-17)18-14-8-3-9-15-18;/h4*16-18H,1-15H2;. The van der Waals surface area contributed by atoms with Gasteiger partial charge in [-0.05, 0) is 222 Å². The van der Waals surface area contributed by atoms with Gasteiger partial charge < -0.3 is 0 Å². The minimum atomic E-state index is 0. The van der Waals surface area contributed by atoms with Gasteiger partial charge in [-0.25, -0.2) is 0 Å². The Kier molecular flexibility index (Phi) is 32.7. The van der Waals surface area contributed by atoms with Gasteiger partial charge in [-0.3, -0.25) is 0 Å². The van der Waals surface area contributed by atoms with Crippen molar-refractivity contribution in [2.24, 2.45) is 0 Å². The van der Waals surface area contributed by atoms with Gasteiger partial charge >= 0.3 is 0 Å². The van der Waals surface area contributed by atoms with Crippen LogP contribution in [0.3, 0.4) is 0 Å². The summed E-state index contributed by atoms with van der Waals surface area (Å²) in [6, 6.07) is 0. The first kappa shape index (κ1) is 65.4. The Hall–Kier alpha value is 2.38. The average molecular weight is 1230 g/mol. The van der Waals surface area contributed by atoms with E-state index in [2.05, 4.69) is 0 Å². The van der Waals surface area contributed by atoms with Gasteiger partial charge in [-0.15, -0.1) is 0 Å². The van der Waals surface area contributed by atoms with Crippen LogP contribution in [0.25, 0.3) is 0 Å². The fourth-order valence-corrected chi connectivity index (χ4v) is 38.8. The zero-order valence-electron chi connectivity index (χ0n) is 51.5. The SMILES string of the molecule is C1CCC(P(C2CCCCC2)C2CCCCC2)CC1.C1CCC(P(C2CCCCC2)C2CCCCC2)CC1.C1CCC(P(C2CCCCC2)C2CCCCC2)CC1.C1CCC(P(C2CCCCC2)C2CCCCC2)CC1.[Pd]. The molecule has 12 aliphatic carbocycles. The summed E-state index contributed by atoms with van der Waals surface area (Å²) in [4.78, 5) is 0. The third kappa shape index (κ3) is 21.3. The maximum absolute atomic E-state index is 1.61. The predicted molar refractivity (Wildman–Crippen MR) is 350 cm³/mol. The fourth-order valence-electron chi connectivity index (χ4n) is 20.1. The second-order valence-corrected chi connectivity index (χ2v) is 41.6. The molecule has 0 saturated heterocycles. The second-order valence-electron chi connectivity index (χ2n) is 29.3. The van der Waals surface area contributed by atoms with Crippen molar-refractivity contribution >= 4 is 31.7 Å². The number of hydrogen-bond acceptors (Lipinski definition) is 0. The average Bonchev–Trinajstić information content (AvgIpc) is 3.51. The van der Waals surface area contributed by atoms with Crippen LogP contribution in [0.2, 0.25) is 0 Å². The number of hydrogen-bond donors (Lipinski definition) is 0. The summed E-state index contributed by atoms with van der Waals surface area (Å²) in [6.45, 7) is 0. The molecule has 12 fully saturated rings.